The molecule has 0 aromatic heterocycles. The minimum absolute atomic E-state index is 0.335. The molecular weight excluding hydrogens is 216 g/mol. The van der Waals surface area contributed by atoms with Gasteiger partial charge in [-0.3, -0.25) is 4.84 Å². The fraction of sp³-hybridized carbons (Fsp3) is 0.692. The number of oxime groups is 1. The zero-order valence-electron chi connectivity index (χ0n) is 10.7. The molecule has 0 heterocycles. The van der Waals surface area contributed by atoms with Crippen molar-refractivity contribution < 1.29 is 9.63 Å². The summed E-state index contributed by atoms with van der Waals surface area (Å²) in [7, 11) is 0. The summed E-state index contributed by atoms with van der Waals surface area (Å²) in [6.45, 7) is 11.0. The summed E-state index contributed by atoms with van der Waals surface area (Å²) in [5, 5.41) is 6.47. The lowest BCUT2D eigenvalue weighted by atomic mass is 9.47. The Balaban J connectivity index is 1.99. The van der Waals surface area contributed by atoms with E-state index in [-0.39, 0.29) is 0 Å². The second kappa shape index (κ2) is 4.17. The summed E-state index contributed by atoms with van der Waals surface area (Å²) in [6.07, 6.45) is 1.58. The largest absolute Gasteiger partial charge is 0.433 e. The number of nitrogens with zero attached hydrogens (tertiary/aromatic N) is 1. The van der Waals surface area contributed by atoms with E-state index in [1.165, 1.54) is 6.42 Å². The number of hydrogen-bond acceptors (Lipinski definition) is 3. The maximum atomic E-state index is 11.1. The van der Waals surface area contributed by atoms with Gasteiger partial charge in [0.25, 0.3) is 0 Å². The summed E-state index contributed by atoms with van der Waals surface area (Å²) in [5.74, 6) is 1.15. The van der Waals surface area contributed by atoms with Crippen molar-refractivity contribution in [3.8, 4) is 0 Å². The molecule has 0 spiro atoms. The molecule has 3 saturated carbocycles. The summed E-state index contributed by atoms with van der Waals surface area (Å²) in [5.41, 5.74) is 2.24. The second-order valence-corrected chi connectivity index (χ2v) is 5.48. The molecule has 4 nitrogen and oxygen atoms in total. The number of rotatable bonds is 2. The van der Waals surface area contributed by atoms with E-state index in [4.69, 9.17) is 4.84 Å². The molecular formula is C13H20N2O2. The van der Waals surface area contributed by atoms with Crippen LogP contribution in [0.2, 0.25) is 0 Å². The number of hydrogen-bond donors (Lipinski definition) is 1. The molecule has 0 aromatic carbocycles. The Hall–Kier alpha value is -1.32. The van der Waals surface area contributed by atoms with Gasteiger partial charge in [0.05, 0.1) is 5.71 Å². The molecule has 3 aliphatic rings. The van der Waals surface area contributed by atoms with E-state index in [0.717, 1.165) is 17.7 Å². The lowest BCUT2D eigenvalue weighted by Gasteiger charge is -2.57. The van der Waals surface area contributed by atoms with E-state index < -0.39 is 6.09 Å². The first kappa shape index (κ1) is 12.1. The van der Waals surface area contributed by atoms with Crippen LogP contribution in [0.3, 0.4) is 0 Å². The lowest BCUT2D eigenvalue weighted by Crippen LogP contribution is -2.52. The molecule has 0 unspecified atom stereocenters. The fourth-order valence-electron chi connectivity index (χ4n) is 2.89. The molecule has 0 aromatic rings. The first-order chi connectivity index (χ1) is 7.96. The Morgan fingerprint density at radius 3 is 2.88 bits per heavy atom. The van der Waals surface area contributed by atoms with E-state index in [9.17, 15) is 4.79 Å². The van der Waals surface area contributed by atoms with Crippen LogP contribution in [0.5, 0.6) is 0 Å². The van der Waals surface area contributed by atoms with Gasteiger partial charge in [-0.25, -0.2) is 4.79 Å². The van der Waals surface area contributed by atoms with Gasteiger partial charge in [0.15, 0.2) is 0 Å². The van der Waals surface area contributed by atoms with Crippen molar-refractivity contribution in [1.82, 2.24) is 5.32 Å². The van der Waals surface area contributed by atoms with Crippen molar-refractivity contribution in [2.75, 3.05) is 6.54 Å². The molecule has 0 saturated heterocycles. The number of fused-ring (bicyclic) bond motifs is 2. The maximum Gasteiger partial charge on any atom is 0.433 e. The van der Waals surface area contributed by atoms with Crippen molar-refractivity contribution in [1.29, 1.82) is 0 Å². The van der Waals surface area contributed by atoms with Gasteiger partial charge in [-0.2, -0.15) is 0 Å². The van der Waals surface area contributed by atoms with Crippen molar-refractivity contribution in [3.05, 3.63) is 12.2 Å². The number of carbonyl (C=O) groups excluding carboxylic acids is 1. The Bertz CT molecular complexity index is 385. The van der Waals surface area contributed by atoms with Crippen LogP contribution in [0, 0.1) is 17.3 Å². The normalized spacial score (nSPS) is 31.9. The predicted octanol–water partition coefficient (Wildman–Crippen LogP) is 2.71. The molecule has 3 rings (SSSR count). The van der Waals surface area contributed by atoms with Crippen LogP contribution < -0.4 is 5.32 Å². The van der Waals surface area contributed by atoms with Crippen molar-refractivity contribution >= 4 is 11.8 Å². The van der Waals surface area contributed by atoms with Gasteiger partial charge < -0.3 is 5.32 Å². The highest BCUT2D eigenvalue weighted by molar-refractivity contribution is 6.02. The third kappa shape index (κ3) is 1.96. The van der Waals surface area contributed by atoms with E-state index in [0.29, 0.717) is 23.8 Å². The molecule has 3 aliphatic carbocycles. The van der Waals surface area contributed by atoms with E-state index >= 15 is 0 Å². The zero-order chi connectivity index (χ0) is 12.6. The monoisotopic (exact) mass is 236 g/mol. The average molecular weight is 236 g/mol. The Morgan fingerprint density at radius 2 is 2.35 bits per heavy atom. The summed E-state index contributed by atoms with van der Waals surface area (Å²) >= 11 is 0. The van der Waals surface area contributed by atoms with Gasteiger partial charge in [0.2, 0.25) is 0 Å². The van der Waals surface area contributed by atoms with Crippen LogP contribution in [0.25, 0.3) is 0 Å². The summed E-state index contributed by atoms with van der Waals surface area (Å²) in [6, 6.07) is 0. The molecule has 17 heavy (non-hydrogen) atoms. The number of allylic oxidation sites excluding steroid dienone is 1. The van der Waals surface area contributed by atoms with Crippen LogP contribution in [-0.4, -0.2) is 18.3 Å². The van der Waals surface area contributed by atoms with Crippen LogP contribution in [-0.2, 0) is 4.84 Å². The lowest BCUT2D eigenvalue weighted by molar-refractivity contribution is 0.000504. The molecule has 1 N–H and O–H groups in total. The Labute approximate surface area is 102 Å². The van der Waals surface area contributed by atoms with Crippen LogP contribution >= 0.6 is 0 Å². The molecule has 0 radical (unpaired) electrons. The molecule has 0 aliphatic heterocycles. The number of amides is 1. The molecule has 4 heteroatoms. The highest BCUT2D eigenvalue weighted by Crippen LogP contribution is 2.59. The van der Waals surface area contributed by atoms with Crippen LogP contribution in [0.4, 0.5) is 4.79 Å². The van der Waals surface area contributed by atoms with Gasteiger partial charge in [-0.1, -0.05) is 25.6 Å². The molecule has 2 bridgehead atoms. The third-order valence-electron chi connectivity index (χ3n) is 4.26. The number of carbonyl (C=O) groups is 1. The molecule has 1 amide bonds. The quantitative estimate of drug-likeness (QED) is 0.592. The van der Waals surface area contributed by atoms with E-state index in [1.807, 2.05) is 6.92 Å². The highest BCUT2D eigenvalue weighted by atomic mass is 16.7. The zero-order valence-corrected chi connectivity index (χ0v) is 10.7. The van der Waals surface area contributed by atoms with Crippen LogP contribution in [0.15, 0.2) is 17.3 Å². The first-order valence-corrected chi connectivity index (χ1v) is 6.17. The Morgan fingerprint density at radius 1 is 1.65 bits per heavy atom. The Kier molecular flexibility index (Phi) is 2.98. The molecule has 2 atom stereocenters. The van der Waals surface area contributed by atoms with Gasteiger partial charge in [-0.05, 0) is 42.6 Å². The third-order valence-corrected chi connectivity index (χ3v) is 4.26. The molecule has 94 valence electrons. The first-order valence-electron chi connectivity index (χ1n) is 6.17. The standard InChI is InChI=1S/C13H20N2O2/c1-5-14-12(16)17-15-11-7-9-6-10(8(11)2)13(9,3)4/h9-10H,2,5-7H2,1,3-4H3,(H,14,16)/b15-11-/t9-,10-/m0/s1. The fourth-order valence-corrected chi connectivity index (χ4v) is 2.89. The van der Waals surface area contributed by atoms with Gasteiger partial charge in [0, 0.05) is 6.54 Å². The number of nitrogens with one attached hydrogen (secondary N) is 1. The van der Waals surface area contributed by atoms with E-state index in [2.05, 4.69) is 30.9 Å². The predicted molar refractivity (Wildman–Crippen MR) is 66.7 cm³/mol. The summed E-state index contributed by atoms with van der Waals surface area (Å²) < 4.78 is 0. The van der Waals surface area contributed by atoms with Crippen molar-refractivity contribution in [2.24, 2.45) is 22.4 Å². The smallest absolute Gasteiger partial charge is 0.320 e. The maximum absolute atomic E-state index is 11.1. The minimum atomic E-state index is -0.494. The van der Waals surface area contributed by atoms with Gasteiger partial charge in [-0.15, -0.1) is 0 Å². The second-order valence-electron chi connectivity index (χ2n) is 5.48. The van der Waals surface area contributed by atoms with Crippen molar-refractivity contribution in [3.63, 3.8) is 0 Å². The summed E-state index contributed by atoms with van der Waals surface area (Å²) in [4.78, 5) is 15.9. The SMILES string of the molecule is C=C1/C(=N\OC(=O)NCC)C[C@@H]2C[C@@H]1C2(C)C. The topological polar surface area (TPSA) is 50.7 Å². The highest BCUT2D eigenvalue weighted by Gasteiger charge is 2.54. The van der Waals surface area contributed by atoms with Gasteiger partial charge in [0.1, 0.15) is 0 Å². The average Bonchev–Trinajstić information content (AvgIpc) is 2.27. The van der Waals surface area contributed by atoms with Crippen LogP contribution in [0.1, 0.15) is 33.6 Å². The molecule has 3 fully saturated rings. The minimum Gasteiger partial charge on any atom is -0.320 e. The van der Waals surface area contributed by atoms with Gasteiger partial charge >= 0.3 is 6.09 Å². The van der Waals surface area contributed by atoms with Crippen molar-refractivity contribution in [2.45, 2.75) is 33.6 Å². The van der Waals surface area contributed by atoms with E-state index in [1.54, 1.807) is 0 Å².